The molecule has 5 heteroatoms. The summed E-state index contributed by atoms with van der Waals surface area (Å²) in [5.41, 5.74) is 13.1. The van der Waals surface area contributed by atoms with Crippen LogP contribution in [-0.4, -0.2) is 6.54 Å². The fraction of sp³-hybridized carbons (Fsp3) is 0.167. The maximum atomic E-state index is 13.9. The summed E-state index contributed by atoms with van der Waals surface area (Å²) >= 11 is 4.28. The fourth-order valence-electron chi connectivity index (χ4n) is 1.81. The van der Waals surface area contributed by atoms with E-state index in [1.807, 2.05) is 0 Å². The van der Waals surface area contributed by atoms with Crippen LogP contribution in [0.15, 0.2) is 41.1 Å². The molecule has 0 saturated carbocycles. The molecular weight excluding hydrogens is 237 g/mol. The molecule has 0 spiro atoms. The Bertz CT molecular complexity index is 510. The molecule has 0 aliphatic carbocycles. The highest BCUT2D eigenvalue weighted by molar-refractivity contribution is 7.84. The molecule has 2 rings (SSSR count). The summed E-state index contributed by atoms with van der Waals surface area (Å²) in [4.78, 5) is 2.35. The van der Waals surface area contributed by atoms with Gasteiger partial charge in [0, 0.05) is 29.3 Å². The summed E-state index contributed by atoms with van der Waals surface area (Å²) in [7, 11) is 0. The number of nitrogens with zero attached hydrogens (tertiary/aromatic N) is 1. The normalized spacial score (nSPS) is 16.6. The molecule has 0 radical (unpaired) electrons. The van der Waals surface area contributed by atoms with Crippen LogP contribution in [0, 0.1) is 5.82 Å². The van der Waals surface area contributed by atoms with Crippen molar-refractivity contribution in [1.29, 1.82) is 0 Å². The number of rotatable bonds is 1. The molecule has 0 fully saturated rings. The number of hydrogen-bond acceptors (Lipinski definition) is 4. The highest BCUT2D eigenvalue weighted by atomic mass is 32.1. The molecule has 0 unspecified atom stereocenters. The van der Waals surface area contributed by atoms with Crippen molar-refractivity contribution in [3.8, 4) is 0 Å². The van der Waals surface area contributed by atoms with Crippen molar-refractivity contribution in [2.24, 2.45) is 5.73 Å². The summed E-state index contributed by atoms with van der Waals surface area (Å²) in [6, 6.07) is 4.90. The summed E-state index contributed by atoms with van der Waals surface area (Å²) in [6.07, 6.45) is 0.631. The van der Waals surface area contributed by atoms with Crippen LogP contribution in [0.2, 0.25) is 0 Å². The minimum atomic E-state index is -0.435. The van der Waals surface area contributed by atoms with Gasteiger partial charge in [-0.2, -0.15) is 0 Å². The smallest absolute Gasteiger partial charge is 0.169 e. The molecule has 0 bridgehead atoms. The van der Waals surface area contributed by atoms with Gasteiger partial charge < -0.3 is 16.4 Å². The van der Waals surface area contributed by atoms with E-state index in [1.54, 1.807) is 17.0 Å². The van der Waals surface area contributed by atoms with Gasteiger partial charge in [0.2, 0.25) is 0 Å². The Labute approximate surface area is 105 Å². The van der Waals surface area contributed by atoms with Gasteiger partial charge in [-0.15, -0.1) is 12.6 Å². The SMILES string of the molecule is C=C1C(S)=C(N)CCN1c1cccc(N)c1F. The first-order valence-corrected chi connectivity index (χ1v) is 5.65. The molecule has 17 heavy (non-hydrogen) atoms. The zero-order chi connectivity index (χ0) is 12.6. The van der Waals surface area contributed by atoms with E-state index in [1.165, 1.54) is 6.07 Å². The van der Waals surface area contributed by atoms with Crippen molar-refractivity contribution in [1.82, 2.24) is 0 Å². The minimum Gasteiger partial charge on any atom is -0.401 e. The summed E-state index contributed by atoms with van der Waals surface area (Å²) in [6.45, 7) is 4.46. The van der Waals surface area contributed by atoms with E-state index in [4.69, 9.17) is 11.5 Å². The second kappa shape index (κ2) is 4.33. The van der Waals surface area contributed by atoms with Crippen LogP contribution < -0.4 is 16.4 Å². The van der Waals surface area contributed by atoms with Gasteiger partial charge in [0.1, 0.15) is 0 Å². The van der Waals surface area contributed by atoms with Gasteiger partial charge in [-0.05, 0) is 12.1 Å². The molecule has 0 atom stereocenters. The van der Waals surface area contributed by atoms with Crippen LogP contribution >= 0.6 is 12.6 Å². The van der Waals surface area contributed by atoms with E-state index in [9.17, 15) is 4.39 Å². The van der Waals surface area contributed by atoms with Gasteiger partial charge in [0.25, 0.3) is 0 Å². The Hall–Kier alpha value is -1.62. The molecule has 1 aliphatic heterocycles. The molecule has 0 amide bonds. The maximum Gasteiger partial charge on any atom is 0.169 e. The lowest BCUT2D eigenvalue weighted by atomic mass is 10.1. The molecule has 4 N–H and O–H groups in total. The first-order valence-electron chi connectivity index (χ1n) is 5.20. The number of anilines is 2. The van der Waals surface area contributed by atoms with Crippen molar-refractivity contribution in [2.75, 3.05) is 17.2 Å². The molecule has 90 valence electrons. The van der Waals surface area contributed by atoms with E-state index in [2.05, 4.69) is 19.2 Å². The minimum absolute atomic E-state index is 0.124. The molecule has 3 nitrogen and oxygen atoms in total. The number of hydrogen-bond donors (Lipinski definition) is 3. The topological polar surface area (TPSA) is 55.3 Å². The van der Waals surface area contributed by atoms with Crippen LogP contribution in [0.25, 0.3) is 0 Å². The van der Waals surface area contributed by atoms with E-state index in [0.29, 0.717) is 35.0 Å². The Morgan fingerprint density at radius 2 is 2.06 bits per heavy atom. The van der Waals surface area contributed by atoms with Crippen molar-refractivity contribution in [3.05, 3.63) is 46.9 Å². The predicted molar refractivity (Wildman–Crippen MR) is 72.1 cm³/mol. The third-order valence-electron chi connectivity index (χ3n) is 2.81. The Morgan fingerprint density at radius 1 is 1.35 bits per heavy atom. The monoisotopic (exact) mass is 251 g/mol. The third kappa shape index (κ3) is 1.98. The fourth-order valence-corrected chi connectivity index (χ4v) is 2.04. The number of thiol groups is 1. The Kier molecular flexibility index (Phi) is 3.02. The van der Waals surface area contributed by atoms with Crippen molar-refractivity contribution < 1.29 is 4.39 Å². The van der Waals surface area contributed by atoms with E-state index < -0.39 is 5.82 Å². The number of halogens is 1. The zero-order valence-electron chi connectivity index (χ0n) is 9.28. The van der Waals surface area contributed by atoms with Crippen molar-refractivity contribution in [3.63, 3.8) is 0 Å². The highest BCUT2D eigenvalue weighted by Crippen LogP contribution is 2.33. The van der Waals surface area contributed by atoms with Gasteiger partial charge in [0.05, 0.1) is 11.4 Å². The van der Waals surface area contributed by atoms with Crippen molar-refractivity contribution in [2.45, 2.75) is 6.42 Å². The first-order chi connectivity index (χ1) is 8.02. The molecule has 1 aromatic carbocycles. The van der Waals surface area contributed by atoms with Crippen LogP contribution in [0.1, 0.15) is 6.42 Å². The van der Waals surface area contributed by atoms with E-state index >= 15 is 0 Å². The second-order valence-electron chi connectivity index (χ2n) is 3.90. The maximum absolute atomic E-state index is 13.9. The van der Waals surface area contributed by atoms with E-state index in [-0.39, 0.29) is 5.69 Å². The summed E-state index contributed by atoms with van der Waals surface area (Å²) in [5.74, 6) is -0.435. The van der Waals surface area contributed by atoms with Crippen LogP contribution in [0.4, 0.5) is 15.8 Å². The first kappa shape index (κ1) is 11.9. The van der Waals surface area contributed by atoms with Crippen LogP contribution in [0.5, 0.6) is 0 Å². The van der Waals surface area contributed by atoms with E-state index in [0.717, 1.165) is 0 Å². The number of nitrogens with two attached hydrogens (primary N) is 2. The van der Waals surface area contributed by atoms with Crippen molar-refractivity contribution >= 4 is 24.0 Å². The Balaban J connectivity index is 2.43. The molecule has 1 aliphatic rings. The molecule has 0 saturated heterocycles. The lowest BCUT2D eigenvalue weighted by Crippen LogP contribution is -2.30. The molecule has 1 heterocycles. The predicted octanol–water partition coefficient (Wildman–Crippen LogP) is 2.23. The zero-order valence-corrected chi connectivity index (χ0v) is 10.2. The quantitative estimate of drug-likeness (QED) is 0.530. The lowest BCUT2D eigenvalue weighted by molar-refractivity contribution is 0.626. The summed E-state index contributed by atoms with van der Waals surface area (Å²) < 4.78 is 13.9. The molecular formula is C12H14FN3S. The van der Waals surface area contributed by atoms with Gasteiger partial charge in [-0.1, -0.05) is 12.6 Å². The van der Waals surface area contributed by atoms with Gasteiger partial charge in [-0.25, -0.2) is 4.39 Å². The number of benzene rings is 1. The second-order valence-corrected chi connectivity index (χ2v) is 4.35. The highest BCUT2D eigenvalue weighted by Gasteiger charge is 2.22. The molecule has 1 aromatic rings. The average Bonchev–Trinajstić information content (AvgIpc) is 2.31. The number of nitrogen functional groups attached to an aromatic ring is 1. The Morgan fingerprint density at radius 3 is 2.76 bits per heavy atom. The van der Waals surface area contributed by atoms with Gasteiger partial charge in [-0.3, -0.25) is 0 Å². The van der Waals surface area contributed by atoms with Gasteiger partial charge >= 0.3 is 0 Å². The molecule has 0 aromatic heterocycles. The lowest BCUT2D eigenvalue weighted by Gasteiger charge is -2.32. The third-order valence-corrected chi connectivity index (χ3v) is 3.35. The van der Waals surface area contributed by atoms with Crippen LogP contribution in [0.3, 0.4) is 0 Å². The standard InChI is InChI=1S/C12H14FN3S/c1-7-12(17)9(15)5-6-16(7)10-4-2-3-8(14)11(10)13/h2-4,17H,1,5-6,14-15H2. The largest absolute Gasteiger partial charge is 0.401 e. The van der Waals surface area contributed by atoms with Crippen LogP contribution in [-0.2, 0) is 0 Å². The van der Waals surface area contributed by atoms with Gasteiger partial charge in [0.15, 0.2) is 5.82 Å². The summed E-state index contributed by atoms with van der Waals surface area (Å²) in [5, 5.41) is 0. The average molecular weight is 251 g/mol.